The lowest BCUT2D eigenvalue weighted by atomic mass is 9.80. The van der Waals surface area contributed by atoms with Crippen molar-refractivity contribution in [3.05, 3.63) is 35.9 Å². The Morgan fingerprint density at radius 3 is 2.59 bits per heavy atom. The van der Waals surface area contributed by atoms with Crippen molar-refractivity contribution in [3.8, 4) is 0 Å². The number of carbonyl (C=O) groups excluding carboxylic acids is 1. The number of methoxy groups -OCH3 is 1. The fourth-order valence-electron chi connectivity index (χ4n) is 4.76. The second-order valence-electron chi connectivity index (χ2n) is 8.30. The zero-order chi connectivity index (χ0) is 18.9. The van der Waals surface area contributed by atoms with Gasteiger partial charge < -0.3 is 15.0 Å². The fraction of sp³-hybridized carbons (Fsp3) is 0.696. The third-order valence-corrected chi connectivity index (χ3v) is 6.37. The van der Waals surface area contributed by atoms with Crippen LogP contribution in [0.25, 0.3) is 0 Å². The summed E-state index contributed by atoms with van der Waals surface area (Å²) in [6.07, 6.45) is 10.6. The summed E-state index contributed by atoms with van der Waals surface area (Å²) in [6, 6.07) is 12.3. The van der Waals surface area contributed by atoms with Gasteiger partial charge in [0, 0.05) is 18.5 Å². The van der Waals surface area contributed by atoms with E-state index in [4.69, 9.17) is 4.74 Å². The quantitative estimate of drug-likeness (QED) is 0.705. The highest BCUT2D eigenvalue weighted by Crippen LogP contribution is 2.29. The number of nitrogens with one attached hydrogen (secondary N) is 1. The molecule has 0 unspecified atom stereocenters. The van der Waals surface area contributed by atoms with Crippen molar-refractivity contribution in [1.82, 2.24) is 10.2 Å². The number of carbonyl (C=O) groups is 1. The van der Waals surface area contributed by atoms with E-state index in [0.717, 1.165) is 32.0 Å². The normalized spacial score (nSPS) is 24.6. The summed E-state index contributed by atoms with van der Waals surface area (Å²) in [6.45, 7) is 3.31. The molecule has 0 spiro atoms. The first kappa shape index (κ1) is 20.3. The predicted molar refractivity (Wildman–Crippen MR) is 110 cm³/mol. The number of benzene rings is 1. The van der Waals surface area contributed by atoms with E-state index >= 15 is 0 Å². The van der Waals surface area contributed by atoms with Gasteiger partial charge in [0.15, 0.2) is 0 Å². The van der Waals surface area contributed by atoms with Gasteiger partial charge in [0.1, 0.15) is 0 Å². The summed E-state index contributed by atoms with van der Waals surface area (Å²) < 4.78 is 4.73. The van der Waals surface area contributed by atoms with E-state index in [2.05, 4.69) is 40.5 Å². The van der Waals surface area contributed by atoms with Crippen LogP contribution < -0.4 is 5.32 Å². The molecular formula is C23H36N2O2. The van der Waals surface area contributed by atoms with E-state index in [1.807, 2.05) is 0 Å². The molecule has 150 valence electrons. The smallest absolute Gasteiger partial charge is 0.305 e. The molecule has 0 radical (unpaired) electrons. The lowest BCUT2D eigenvalue weighted by Gasteiger charge is -2.39. The van der Waals surface area contributed by atoms with Crippen LogP contribution in [0.2, 0.25) is 0 Å². The maximum Gasteiger partial charge on any atom is 0.305 e. The molecule has 4 nitrogen and oxygen atoms in total. The van der Waals surface area contributed by atoms with E-state index in [0.29, 0.717) is 18.5 Å². The highest BCUT2D eigenvalue weighted by atomic mass is 16.5. The molecule has 2 aliphatic rings. The summed E-state index contributed by atoms with van der Waals surface area (Å²) in [7, 11) is 1.47. The van der Waals surface area contributed by atoms with Gasteiger partial charge >= 0.3 is 5.97 Å². The van der Waals surface area contributed by atoms with Gasteiger partial charge in [-0.3, -0.25) is 4.79 Å². The molecule has 1 saturated heterocycles. The van der Waals surface area contributed by atoms with Gasteiger partial charge in [-0.1, -0.05) is 43.2 Å². The molecule has 0 bridgehead atoms. The van der Waals surface area contributed by atoms with E-state index in [1.165, 1.54) is 57.6 Å². The van der Waals surface area contributed by atoms with Crippen molar-refractivity contribution >= 4 is 5.97 Å². The first-order valence-electron chi connectivity index (χ1n) is 10.8. The number of esters is 1. The van der Waals surface area contributed by atoms with Crippen molar-refractivity contribution in [2.75, 3.05) is 26.7 Å². The van der Waals surface area contributed by atoms with Crippen LogP contribution in [0.1, 0.15) is 56.9 Å². The second kappa shape index (κ2) is 10.8. The topological polar surface area (TPSA) is 41.6 Å². The molecule has 1 aromatic carbocycles. The Morgan fingerprint density at radius 2 is 1.85 bits per heavy atom. The summed E-state index contributed by atoms with van der Waals surface area (Å²) in [4.78, 5) is 13.7. The van der Waals surface area contributed by atoms with Crippen LogP contribution in [0.4, 0.5) is 0 Å². The minimum atomic E-state index is -0.0895. The Bertz CT molecular complexity index is 555. The molecule has 1 aliphatic carbocycles. The molecule has 27 heavy (non-hydrogen) atoms. The molecule has 1 N–H and O–H groups in total. The third-order valence-electron chi connectivity index (χ3n) is 6.37. The van der Waals surface area contributed by atoms with E-state index in [-0.39, 0.29) is 5.97 Å². The van der Waals surface area contributed by atoms with Gasteiger partial charge in [0.05, 0.1) is 7.11 Å². The molecule has 4 heteroatoms. The minimum Gasteiger partial charge on any atom is -0.469 e. The maximum absolute atomic E-state index is 11.2. The van der Waals surface area contributed by atoms with E-state index in [9.17, 15) is 4.79 Å². The third kappa shape index (κ3) is 6.62. The molecule has 1 aromatic rings. The molecular weight excluding hydrogens is 336 g/mol. The number of hydrogen-bond donors (Lipinski definition) is 1. The molecule has 1 saturated carbocycles. The Hall–Kier alpha value is -1.39. The highest BCUT2D eigenvalue weighted by molar-refractivity contribution is 5.69. The first-order valence-corrected chi connectivity index (χ1v) is 10.8. The number of piperidine rings is 1. The number of hydrogen-bond acceptors (Lipinski definition) is 4. The van der Waals surface area contributed by atoms with Gasteiger partial charge in [0.25, 0.3) is 0 Å². The lowest BCUT2D eigenvalue weighted by molar-refractivity contribution is -0.140. The van der Waals surface area contributed by atoms with Crippen LogP contribution >= 0.6 is 0 Å². The van der Waals surface area contributed by atoms with Crippen molar-refractivity contribution < 1.29 is 9.53 Å². The molecule has 1 aliphatic heterocycles. The van der Waals surface area contributed by atoms with E-state index < -0.39 is 0 Å². The SMILES string of the molecule is COC(=O)CCCN1CCC(N[C@H]2CCCC[C@@H]2Cc2ccccc2)CC1. The monoisotopic (exact) mass is 372 g/mol. The van der Waals surface area contributed by atoms with Crippen LogP contribution in [-0.4, -0.2) is 49.7 Å². The van der Waals surface area contributed by atoms with Crippen molar-refractivity contribution in [3.63, 3.8) is 0 Å². The van der Waals surface area contributed by atoms with E-state index in [1.54, 1.807) is 0 Å². The van der Waals surface area contributed by atoms with Gasteiger partial charge in [0.2, 0.25) is 0 Å². The molecule has 2 atom stereocenters. The van der Waals surface area contributed by atoms with Crippen LogP contribution in [0.3, 0.4) is 0 Å². The summed E-state index contributed by atoms with van der Waals surface area (Å²) in [5.41, 5.74) is 1.48. The number of nitrogens with zero attached hydrogens (tertiary/aromatic N) is 1. The Morgan fingerprint density at radius 1 is 1.11 bits per heavy atom. The average molecular weight is 373 g/mol. The number of rotatable bonds is 8. The zero-order valence-electron chi connectivity index (χ0n) is 16.9. The average Bonchev–Trinajstić information content (AvgIpc) is 2.71. The summed E-state index contributed by atoms with van der Waals surface area (Å²) in [5, 5.41) is 4.03. The second-order valence-corrected chi connectivity index (χ2v) is 8.30. The first-order chi connectivity index (χ1) is 13.2. The van der Waals surface area contributed by atoms with Crippen molar-refractivity contribution in [1.29, 1.82) is 0 Å². The molecule has 0 amide bonds. The standard InChI is InChI=1S/C23H36N2O2/c1-27-23(26)12-7-15-25-16-13-21(14-17-25)24-22-11-6-5-10-20(22)18-19-8-3-2-4-9-19/h2-4,8-9,20-22,24H,5-7,10-18H2,1H3/t20-,22+/m1/s1. The molecule has 2 fully saturated rings. The Labute approximate surface area is 164 Å². The lowest BCUT2D eigenvalue weighted by Crippen LogP contribution is -2.49. The van der Waals surface area contributed by atoms with Crippen LogP contribution in [0, 0.1) is 5.92 Å². The largest absolute Gasteiger partial charge is 0.469 e. The molecule has 0 aromatic heterocycles. The molecule has 1 heterocycles. The van der Waals surface area contributed by atoms with Gasteiger partial charge in [-0.05, 0) is 69.6 Å². The van der Waals surface area contributed by atoms with Crippen LogP contribution in [0.15, 0.2) is 30.3 Å². The van der Waals surface area contributed by atoms with Crippen LogP contribution in [-0.2, 0) is 16.0 Å². The highest BCUT2D eigenvalue weighted by Gasteiger charge is 2.28. The van der Waals surface area contributed by atoms with Gasteiger partial charge in [-0.2, -0.15) is 0 Å². The summed E-state index contributed by atoms with van der Waals surface area (Å²) >= 11 is 0. The number of likely N-dealkylation sites (tertiary alicyclic amines) is 1. The minimum absolute atomic E-state index is 0.0895. The Balaban J connectivity index is 1.41. The molecule has 3 rings (SSSR count). The predicted octanol–water partition coefficient (Wildman–Crippen LogP) is 3.80. The fourth-order valence-corrected chi connectivity index (χ4v) is 4.76. The summed E-state index contributed by atoms with van der Waals surface area (Å²) in [5.74, 6) is 0.688. The van der Waals surface area contributed by atoms with Gasteiger partial charge in [-0.15, -0.1) is 0 Å². The number of ether oxygens (including phenoxy) is 1. The van der Waals surface area contributed by atoms with Gasteiger partial charge in [-0.25, -0.2) is 0 Å². The van der Waals surface area contributed by atoms with Crippen molar-refractivity contribution in [2.45, 2.75) is 69.9 Å². The Kier molecular flexibility index (Phi) is 8.15. The van der Waals surface area contributed by atoms with Crippen LogP contribution in [0.5, 0.6) is 0 Å². The van der Waals surface area contributed by atoms with Crippen molar-refractivity contribution in [2.24, 2.45) is 5.92 Å². The maximum atomic E-state index is 11.2. The zero-order valence-corrected chi connectivity index (χ0v) is 16.9.